The molecule has 2 rings (SSSR count). The number of hydrogen-bond donors (Lipinski definition) is 4. The Morgan fingerprint density at radius 1 is 1.35 bits per heavy atom. The number of thioether (sulfide) groups is 1. The molecule has 7 nitrogen and oxygen atoms in total. The van der Waals surface area contributed by atoms with Crippen molar-refractivity contribution in [3.8, 4) is 0 Å². The summed E-state index contributed by atoms with van der Waals surface area (Å²) in [5.41, 5.74) is -1.18. The van der Waals surface area contributed by atoms with Crippen molar-refractivity contribution in [1.82, 2.24) is 9.55 Å². The maximum absolute atomic E-state index is 11.5. The number of rotatable bonds is 2. The summed E-state index contributed by atoms with van der Waals surface area (Å²) in [6, 6.07) is 1.16. The van der Waals surface area contributed by atoms with E-state index in [0.717, 1.165) is 22.4 Å². The topological polar surface area (TPSA) is 116 Å². The third-order valence-corrected chi connectivity index (χ3v) is 4.20. The molecule has 8 heteroatoms. The third-order valence-electron chi connectivity index (χ3n) is 2.64. The monoisotopic (exact) mass is 260 g/mol. The maximum atomic E-state index is 11.5. The number of nitrogens with zero attached hydrogens (tertiary/aromatic N) is 1. The molecule has 4 atom stereocenters. The quantitative estimate of drug-likeness (QED) is 0.482. The Bertz CT molecular complexity index is 513. The Kier molecular flexibility index (Phi) is 3.38. The first-order valence-corrected chi connectivity index (χ1v) is 5.93. The first-order valence-electron chi connectivity index (χ1n) is 4.98. The van der Waals surface area contributed by atoms with Crippen molar-refractivity contribution in [1.29, 1.82) is 0 Å². The zero-order valence-electron chi connectivity index (χ0n) is 8.68. The Morgan fingerprint density at radius 2 is 2.06 bits per heavy atom. The van der Waals surface area contributed by atoms with E-state index >= 15 is 0 Å². The molecule has 1 aliphatic heterocycles. The molecule has 0 radical (unpaired) electrons. The van der Waals surface area contributed by atoms with Crippen LogP contribution in [-0.2, 0) is 0 Å². The van der Waals surface area contributed by atoms with Crippen LogP contribution < -0.4 is 11.2 Å². The fraction of sp³-hybridized carbons (Fsp3) is 0.556. The first-order chi connectivity index (χ1) is 8.04. The van der Waals surface area contributed by atoms with Gasteiger partial charge in [-0.1, -0.05) is 0 Å². The fourth-order valence-electron chi connectivity index (χ4n) is 1.74. The summed E-state index contributed by atoms with van der Waals surface area (Å²) < 4.78 is 1.13. The van der Waals surface area contributed by atoms with Crippen LogP contribution in [0.25, 0.3) is 0 Å². The highest BCUT2D eigenvalue weighted by molar-refractivity contribution is 8.00. The smallest absolute Gasteiger partial charge is 0.329 e. The predicted octanol–water partition coefficient (Wildman–Crippen LogP) is -2.14. The summed E-state index contributed by atoms with van der Waals surface area (Å²) >= 11 is 1.09. The van der Waals surface area contributed by atoms with Gasteiger partial charge in [-0.05, 0) is 0 Å². The zero-order chi connectivity index (χ0) is 12.6. The van der Waals surface area contributed by atoms with Crippen molar-refractivity contribution in [2.75, 3.05) is 6.61 Å². The lowest BCUT2D eigenvalue weighted by Crippen LogP contribution is -2.37. The molecule has 0 amide bonds. The van der Waals surface area contributed by atoms with Crippen molar-refractivity contribution in [3.05, 3.63) is 33.1 Å². The van der Waals surface area contributed by atoms with Crippen LogP contribution in [0.4, 0.5) is 0 Å². The van der Waals surface area contributed by atoms with Crippen molar-refractivity contribution in [2.24, 2.45) is 0 Å². The molecule has 94 valence electrons. The van der Waals surface area contributed by atoms with Crippen molar-refractivity contribution >= 4 is 11.8 Å². The van der Waals surface area contributed by atoms with Gasteiger partial charge in [-0.15, -0.1) is 11.8 Å². The second-order valence-corrected chi connectivity index (χ2v) is 5.11. The van der Waals surface area contributed by atoms with E-state index in [9.17, 15) is 19.8 Å². The highest BCUT2D eigenvalue weighted by Crippen LogP contribution is 2.40. The second-order valence-electron chi connectivity index (χ2n) is 3.75. The Morgan fingerprint density at radius 3 is 2.59 bits per heavy atom. The lowest BCUT2D eigenvalue weighted by Gasteiger charge is -2.17. The van der Waals surface area contributed by atoms with Gasteiger partial charge in [-0.3, -0.25) is 14.3 Å². The summed E-state index contributed by atoms with van der Waals surface area (Å²) in [7, 11) is 0. The minimum Gasteiger partial charge on any atom is -0.395 e. The van der Waals surface area contributed by atoms with E-state index in [1.54, 1.807) is 0 Å². The van der Waals surface area contributed by atoms with E-state index in [1.807, 2.05) is 0 Å². The molecule has 1 aromatic rings. The van der Waals surface area contributed by atoms with E-state index in [4.69, 9.17) is 5.11 Å². The van der Waals surface area contributed by atoms with Crippen LogP contribution in [0.5, 0.6) is 0 Å². The lowest BCUT2D eigenvalue weighted by molar-refractivity contribution is 0.0101. The summed E-state index contributed by atoms with van der Waals surface area (Å²) in [5, 5.41) is 27.1. The van der Waals surface area contributed by atoms with E-state index < -0.39 is 34.1 Å². The van der Waals surface area contributed by atoms with Crippen molar-refractivity contribution < 1.29 is 15.3 Å². The largest absolute Gasteiger partial charge is 0.395 e. The molecule has 0 bridgehead atoms. The first kappa shape index (κ1) is 12.4. The predicted molar refractivity (Wildman–Crippen MR) is 60.8 cm³/mol. The zero-order valence-corrected chi connectivity index (χ0v) is 9.50. The Balaban J connectivity index is 2.35. The van der Waals surface area contributed by atoms with Crippen molar-refractivity contribution in [2.45, 2.75) is 22.8 Å². The number of aromatic nitrogens is 2. The number of aliphatic hydroxyl groups excluding tert-OH is 3. The van der Waals surface area contributed by atoms with Crippen LogP contribution >= 0.6 is 11.8 Å². The van der Waals surface area contributed by atoms with Gasteiger partial charge in [0.2, 0.25) is 0 Å². The van der Waals surface area contributed by atoms with Gasteiger partial charge < -0.3 is 15.3 Å². The average molecular weight is 260 g/mol. The number of nitrogens with one attached hydrogen (secondary N) is 1. The van der Waals surface area contributed by atoms with E-state index in [0.29, 0.717) is 0 Å². The maximum Gasteiger partial charge on any atom is 0.329 e. The van der Waals surface area contributed by atoms with Crippen LogP contribution in [-0.4, -0.2) is 48.9 Å². The van der Waals surface area contributed by atoms with Gasteiger partial charge in [0.1, 0.15) is 11.5 Å². The Hall–Kier alpha value is -1.09. The summed E-state index contributed by atoms with van der Waals surface area (Å²) in [6.07, 6.45) is -1.01. The molecule has 0 aliphatic carbocycles. The number of hydrogen-bond acceptors (Lipinski definition) is 6. The molecule has 0 saturated carbocycles. The molecule has 0 spiro atoms. The molecule has 1 fully saturated rings. The normalized spacial score (nSPS) is 32.9. The fourth-order valence-corrected chi connectivity index (χ4v) is 3.12. The minimum absolute atomic E-state index is 0.294. The number of aliphatic hydroxyl groups is 3. The highest BCUT2D eigenvalue weighted by Gasteiger charge is 2.43. The van der Waals surface area contributed by atoms with Crippen LogP contribution in [0.1, 0.15) is 5.37 Å². The molecule has 1 aromatic heterocycles. The van der Waals surface area contributed by atoms with Gasteiger partial charge in [0.15, 0.2) is 0 Å². The van der Waals surface area contributed by atoms with Crippen LogP contribution in [0.3, 0.4) is 0 Å². The molecule has 1 aliphatic rings. The van der Waals surface area contributed by atoms with Crippen LogP contribution in [0.15, 0.2) is 21.9 Å². The molecule has 0 aromatic carbocycles. The lowest BCUT2D eigenvalue weighted by atomic mass is 10.1. The van der Waals surface area contributed by atoms with Gasteiger partial charge >= 0.3 is 5.69 Å². The van der Waals surface area contributed by atoms with Crippen LogP contribution in [0.2, 0.25) is 0 Å². The minimum atomic E-state index is -1.17. The van der Waals surface area contributed by atoms with Gasteiger partial charge in [0.25, 0.3) is 5.56 Å². The van der Waals surface area contributed by atoms with Gasteiger partial charge in [0.05, 0.1) is 18.0 Å². The summed E-state index contributed by atoms with van der Waals surface area (Å²) in [6.45, 7) is -0.294. The Labute approximate surface area is 99.7 Å². The second kappa shape index (κ2) is 4.65. The van der Waals surface area contributed by atoms with E-state index in [2.05, 4.69) is 4.98 Å². The number of aromatic amines is 1. The molecule has 2 heterocycles. The van der Waals surface area contributed by atoms with Gasteiger partial charge in [0, 0.05) is 12.3 Å². The average Bonchev–Trinajstić information content (AvgIpc) is 2.57. The molecular weight excluding hydrogens is 248 g/mol. The van der Waals surface area contributed by atoms with Crippen molar-refractivity contribution in [3.63, 3.8) is 0 Å². The molecule has 1 unspecified atom stereocenters. The van der Waals surface area contributed by atoms with E-state index in [-0.39, 0.29) is 6.61 Å². The van der Waals surface area contributed by atoms with Gasteiger partial charge in [-0.25, -0.2) is 4.79 Å². The number of H-pyrrole nitrogens is 1. The SMILES string of the molecule is O=c1ccn([C@@H]2S[C@H](CO)[C@H](O)C2O)c(=O)[nH]1. The summed E-state index contributed by atoms with van der Waals surface area (Å²) in [4.78, 5) is 24.5. The standard InChI is InChI=1S/C9H12N2O5S/c12-3-4-6(14)7(15)8(17-4)11-2-1-5(13)10-9(11)16/h1-2,4,6-8,12,14-15H,3H2,(H,10,13,16)/t4-,6+,7?,8-/m1/s1. The summed E-state index contributed by atoms with van der Waals surface area (Å²) in [5.74, 6) is 0. The van der Waals surface area contributed by atoms with Crippen LogP contribution in [0, 0.1) is 0 Å². The van der Waals surface area contributed by atoms with Gasteiger partial charge in [-0.2, -0.15) is 0 Å². The molecule has 17 heavy (non-hydrogen) atoms. The highest BCUT2D eigenvalue weighted by atomic mass is 32.2. The molecule has 4 N–H and O–H groups in total. The van der Waals surface area contributed by atoms with E-state index in [1.165, 1.54) is 6.20 Å². The third kappa shape index (κ3) is 2.16. The molecule has 1 saturated heterocycles. The molecular formula is C9H12N2O5S.